The number of guanidine groups is 1. The van der Waals surface area contributed by atoms with Crippen molar-refractivity contribution in [2.45, 2.75) is 25.9 Å². The standard InChI is InChI=1S/C16H24N4/c1-19-10-7-17-16(19)18-12-14-5-4-6-15(11-14)13-20-8-2-3-9-20/h4-6,11H,2-3,7-10,12-13H2,1H3,(H,17,18). The van der Waals surface area contributed by atoms with Gasteiger partial charge in [-0.3, -0.25) is 9.89 Å². The Morgan fingerprint density at radius 3 is 2.70 bits per heavy atom. The first-order valence-electron chi connectivity index (χ1n) is 7.61. The van der Waals surface area contributed by atoms with E-state index in [4.69, 9.17) is 0 Å². The van der Waals surface area contributed by atoms with Crippen molar-refractivity contribution in [3.8, 4) is 0 Å². The molecule has 108 valence electrons. The summed E-state index contributed by atoms with van der Waals surface area (Å²) in [5.41, 5.74) is 2.76. The third-order valence-corrected chi connectivity index (χ3v) is 4.11. The lowest BCUT2D eigenvalue weighted by Gasteiger charge is -2.17. The van der Waals surface area contributed by atoms with Gasteiger partial charge < -0.3 is 10.2 Å². The number of nitrogens with one attached hydrogen (secondary N) is 1. The van der Waals surface area contributed by atoms with Crippen LogP contribution in [0.5, 0.6) is 0 Å². The number of likely N-dealkylation sites (tertiary alicyclic amines) is 1. The van der Waals surface area contributed by atoms with Crippen LogP contribution in [0.1, 0.15) is 24.0 Å². The number of hydrogen-bond acceptors (Lipinski definition) is 4. The average Bonchev–Trinajstić information content (AvgIpc) is 3.09. The number of benzene rings is 1. The first-order chi connectivity index (χ1) is 9.81. The van der Waals surface area contributed by atoms with Crippen LogP contribution >= 0.6 is 0 Å². The summed E-state index contributed by atoms with van der Waals surface area (Å²) < 4.78 is 0. The maximum Gasteiger partial charge on any atom is 0.194 e. The lowest BCUT2D eigenvalue weighted by molar-refractivity contribution is 0.331. The molecule has 0 amide bonds. The molecular formula is C16H24N4. The average molecular weight is 272 g/mol. The van der Waals surface area contributed by atoms with Crippen LogP contribution in [0.4, 0.5) is 0 Å². The minimum atomic E-state index is 0.858. The fourth-order valence-corrected chi connectivity index (χ4v) is 2.94. The van der Waals surface area contributed by atoms with Crippen LogP contribution in [0.15, 0.2) is 29.3 Å². The summed E-state index contributed by atoms with van der Waals surface area (Å²) in [7, 11) is 2.09. The lowest BCUT2D eigenvalue weighted by Crippen LogP contribution is -2.35. The molecule has 0 bridgehead atoms. The normalized spacial score (nSPS) is 19.4. The minimum absolute atomic E-state index is 0.858. The van der Waals surface area contributed by atoms with E-state index in [1.807, 2.05) is 0 Å². The number of rotatable bonds is 4. The Morgan fingerprint density at radius 2 is 1.95 bits per heavy atom. The van der Waals surface area contributed by atoms with Gasteiger partial charge in [-0.15, -0.1) is 0 Å². The van der Waals surface area contributed by atoms with Gasteiger partial charge in [0.2, 0.25) is 0 Å². The second kappa shape index (κ2) is 6.27. The number of likely N-dealkylation sites (N-methyl/N-ethyl adjacent to an activating group) is 1. The Hall–Kier alpha value is -1.55. The molecule has 4 heteroatoms. The van der Waals surface area contributed by atoms with Crippen molar-refractivity contribution in [1.82, 2.24) is 15.1 Å². The van der Waals surface area contributed by atoms with Gasteiger partial charge in [-0.25, -0.2) is 0 Å². The number of hydrogen-bond donors (Lipinski definition) is 1. The Bertz CT molecular complexity index is 477. The molecule has 1 N–H and O–H groups in total. The molecule has 2 aliphatic heterocycles. The van der Waals surface area contributed by atoms with E-state index in [-0.39, 0.29) is 0 Å². The van der Waals surface area contributed by atoms with E-state index in [1.54, 1.807) is 0 Å². The molecule has 0 unspecified atom stereocenters. The van der Waals surface area contributed by atoms with Gasteiger partial charge in [-0.1, -0.05) is 24.3 Å². The summed E-state index contributed by atoms with van der Waals surface area (Å²) in [6.45, 7) is 6.39. The summed E-state index contributed by atoms with van der Waals surface area (Å²) in [6, 6.07) is 8.92. The zero-order chi connectivity index (χ0) is 13.8. The Morgan fingerprint density at radius 1 is 1.15 bits per heavy atom. The first-order valence-corrected chi connectivity index (χ1v) is 7.61. The molecule has 0 atom stereocenters. The minimum Gasteiger partial charge on any atom is -0.352 e. The number of nitrogens with zero attached hydrogens (tertiary/aromatic N) is 3. The molecular weight excluding hydrogens is 248 g/mol. The van der Waals surface area contributed by atoms with Crippen molar-refractivity contribution in [3.05, 3.63) is 35.4 Å². The second-order valence-corrected chi connectivity index (χ2v) is 5.78. The van der Waals surface area contributed by atoms with Crippen molar-refractivity contribution >= 4 is 5.96 Å². The highest BCUT2D eigenvalue weighted by Crippen LogP contribution is 2.14. The molecule has 0 saturated carbocycles. The maximum absolute atomic E-state index is 4.46. The van der Waals surface area contributed by atoms with Crippen LogP contribution in [-0.4, -0.2) is 49.0 Å². The zero-order valence-corrected chi connectivity index (χ0v) is 12.3. The molecule has 1 aromatic carbocycles. The van der Waals surface area contributed by atoms with Gasteiger partial charge >= 0.3 is 0 Å². The van der Waals surface area contributed by atoms with E-state index in [0.717, 1.165) is 32.1 Å². The smallest absolute Gasteiger partial charge is 0.194 e. The van der Waals surface area contributed by atoms with Crippen LogP contribution in [0.3, 0.4) is 0 Å². The summed E-state index contributed by atoms with van der Waals surface area (Å²) in [5, 5.41) is 3.43. The predicted octanol–water partition coefficient (Wildman–Crippen LogP) is 1.67. The molecule has 3 rings (SSSR count). The lowest BCUT2D eigenvalue weighted by atomic mass is 10.1. The van der Waals surface area contributed by atoms with E-state index in [2.05, 4.69) is 51.4 Å². The quantitative estimate of drug-likeness (QED) is 0.904. The predicted molar refractivity (Wildman–Crippen MR) is 82.7 cm³/mol. The van der Waals surface area contributed by atoms with Gasteiger partial charge in [0.25, 0.3) is 0 Å². The van der Waals surface area contributed by atoms with Crippen molar-refractivity contribution in [1.29, 1.82) is 0 Å². The van der Waals surface area contributed by atoms with E-state index >= 15 is 0 Å². The summed E-state index contributed by atoms with van der Waals surface area (Å²) in [6.07, 6.45) is 2.71. The van der Waals surface area contributed by atoms with Crippen molar-refractivity contribution < 1.29 is 0 Å². The van der Waals surface area contributed by atoms with E-state index in [0.29, 0.717) is 0 Å². The largest absolute Gasteiger partial charge is 0.352 e. The third-order valence-electron chi connectivity index (χ3n) is 4.11. The summed E-state index contributed by atoms with van der Waals surface area (Å²) in [4.78, 5) is 9.18. The van der Waals surface area contributed by atoms with Crippen LogP contribution < -0.4 is 5.32 Å². The van der Waals surface area contributed by atoms with E-state index in [1.165, 1.54) is 37.1 Å². The fourth-order valence-electron chi connectivity index (χ4n) is 2.94. The first kappa shape index (κ1) is 13.4. The Kier molecular flexibility index (Phi) is 4.21. The van der Waals surface area contributed by atoms with Crippen molar-refractivity contribution in [3.63, 3.8) is 0 Å². The summed E-state index contributed by atoms with van der Waals surface area (Å²) in [5.74, 6) is 1.02. The molecule has 0 spiro atoms. The van der Waals surface area contributed by atoms with Crippen molar-refractivity contribution in [2.75, 3.05) is 33.2 Å². The molecule has 0 aromatic heterocycles. The van der Waals surface area contributed by atoms with Gasteiger partial charge in [0.15, 0.2) is 5.96 Å². The van der Waals surface area contributed by atoms with Gasteiger partial charge in [0, 0.05) is 26.7 Å². The highest BCUT2D eigenvalue weighted by atomic mass is 15.3. The van der Waals surface area contributed by atoms with Crippen LogP contribution in [0.25, 0.3) is 0 Å². The Labute approximate surface area is 121 Å². The Balaban J connectivity index is 1.56. The number of aliphatic imine (C=N–C) groups is 1. The molecule has 0 aliphatic carbocycles. The van der Waals surface area contributed by atoms with Gasteiger partial charge in [-0.2, -0.15) is 0 Å². The topological polar surface area (TPSA) is 30.9 Å². The summed E-state index contributed by atoms with van der Waals surface area (Å²) >= 11 is 0. The zero-order valence-electron chi connectivity index (χ0n) is 12.3. The van der Waals surface area contributed by atoms with Gasteiger partial charge in [0.1, 0.15) is 0 Å². The molecule has 4 nitrogen and oxygen atoms in total. The highest BCUT2D eigenvalue weighted by Gasteiger charge is 2.13. The molecule has 1 fully saturated rings. The van der Waals surface area contributed by atoms with Gasteiger partial charge in [0.05, 0.1) is 6.54 Å². The molecule has 2 heterocycles. The van der Waals surface area contributed by atoms with Gasteiger partial charge in [-0.05, 0) is 37.1 Å². The maximum atomic E-state index is 4.46. The van der Waals surface area contributed by atoms with Crippen molar-refractivity contribution in [2.24, 2.45) is 4.99 Å². The molecule has 0 radical (unpaired) electrons. The SMILES string of the molecule is CN1CCN=C1NCc1cccc(CN2CCCC2)c1. The van der Waals surface area contributed by atoms with Crippen LogP contribution in [0, 0.1) is 0 Å². The molecule has 2 aliphatic rings. The monoisotopic (exact) mass is 272 g/mol. The third kappa shape index (κ3) is 3.31. The molecule has 1 aromatic rings. The fraction of sp³-hybridized carbons (Fsp3) is 0.562. The molecule has 20 heavy (non-hydrogen) atoms. The second-order valence-electron chi connectivity index (χ2n) is 5.78. The highest BCUT2D eigenvalue weighted by molar-refractivity contribution is 5.81. The van der Waals surface area contributed by atoms with E-state index < -0.39 is 0 Å². The molecule has 1 saturated heterocycles. The van der Waals surface area contributed by atoms with Crippen LogP contribution in [-0.2, 0) is 13.1 Å². The van der Waals surface area contributed by atoms with Crippen LogP contribution in [0.2, 0.25) is 0 Å². The van der Waals surface area contributed by atoms with E-state index in [9.17, 15) is 0 Å².